The molecule has 0 amide bonds. The zero-order valence-electron chi connectivity index (χ0n) is 4.87. The van der Waals surface area contributed by atoms with Gasteiger partial charge in [0.1, 0.15) is 0 Å². The van der Waals surface area contributed by atoms with Gasteiger partial charge in [0, 0.05) is 17.7 Å². The van der Waals surface area contributed by atoms with E-state index >= 15 is 0 Å². The van der Waals surface area contributed by atoms with Gasteiger partial charge >= 0.3 is 0 Å². The van der Waals surface area contributed by atoms with E-state index in [1.54, 1.807) is 6.20 Å². The predicted octanol–water partition coefficient (Wildman–Crippen LogP) is 1.22. The third-order valence-corrected chi connectivity index (χ3v) is 2.38. The van der Waals surface area contributed by atoms with Gasteiger partial charge in [0.25, 0.3) is 0 Å². The standard InChI is InChI=1S/C6H6N2S/c1-2-7-8-6-4-9-3-5(1)6/h1-2H,3-4H2. The average molecular weight is 138 g/mol. The summed E-state index contributed by atoms with van der Waals surface area (Å²) in [6.45, 7) is 0. The number of rotatable bonds is 0. The SMILES string of the molecule is c1cc2c(nn1)CSC2. The van der Waals surface area contributed by atoms with Crippen LogP contribution in [0.1, 0.15) is 11.3 Å². The summed E-state index contributed by atoms with van der Waals surface area (Å²) < 4.78 is 0. The van der Waals surface area contributed by atoms with Crippen molar-refractivity contribution in [3.05, 3.63) is 23.5 Å². The van der Waals surface area contributed by atoms with Gasteiger partial charge in [-0.05, 0) is 11.6 Å². The van der Waals surface area contributed by atoms with Gasteiger partial charge in [-0.25, -0.2) is 0 Å². The summed E-state index contributed by atoms with van der Waals surface area (Å²) in [7, 11) is 0. The maximum atomic E-state index is 3.99. The Hall–Kier alpha value is -0.570. The van der Waals surface area contributed by atoms with Crippen LogP contribution in [0.25, 0.3) is 0 Å². The van der Waals surface area contributed by atoms with Gasteiger partial charge in [0.2, 0.25) is 0 Å². The van der Waals surface area contributed by atoms with Crippen LogP contribution in [0.4, 0.5) is 0 Å². The lowest BCUT2D eigenvalue weighted by molar-refractivity contribution is 0.961. The molecule has 0 spiro atoms. The minimum absolute atomic E-state index is 1.04. The molecule has 0 fully saturated rings. The van der Waals surface area contributed by atoms with Crippen molar-refractivity contribution in [2.45, 2.75) is 11.5 Å². The Morgan fingerprint density at radius 2 is 2.44 bits per heavy atom. The summed E-state index contributed by atoms with van der Waals surface area (Å²) in [6.07, 6.45) is 1.75. The molecular weight excluding hydrogens is 132 g/mol. The third-order valence-electron chi connectivity index (χ3n) is 1.39. The zero-order chi connectivity index (χ0) is 6.10. The van der Waals surface area contributed by atoms with Crippen LogP contribution in [-0.2, 0) is 11.5 Å². The molecule has 1 aromatic rings. The molecule has 1 aromatic heterocycles. The van der Waals surface area contributed by atoms with Crippen LogP contribution in [0, 0.1) is 0 Å². The first kappa shape index (κ1) is 5.23. The molecule has 0 radical (unpaired) electrons. The van der Waals surface area contributed by atoms with Gasteiger partial charge in [-0.3, -0.25) is 0 Å². The fourth-order valence-corrected chi connectivity index (χ4v) is 1.92. The first-order valence-corrected chi connectivity index (χ1v) is 3.99. The van der Waals surface area contributed by atoms with Crippen molar-refractivity contribution in [3.63, 3.8) is 0 Å². The summed E-state index contributed by atoms with van der Waals surface area (Å²) in [5.41, 5.74) is 2.53. The Balaban J connectivity index is 2.54. The van der Waals surface area contributed by atoms with Crippen LogP contribution in [0.5, 0.6) is 0 Å². The van der Waals surface area contributed by atoms with E-state index in [-0.39, 0.29) is 0 Å². The fraction of sp³-hybridized carbons (Fsp3) is 0.333. The quantitative estimate of drug-likeness (QED) is 0.539. The molecule has 0 bridgehead atoms. The summed E-state index contributed by atoms with van der Waals surface area (Å²) >= 11 is 1.90. The van der Waals surface area contributed by atoms with Crippen molar-refractivity contribution in [2.24, 2.45) is 0 Å². The molecule has 1 aliphatic heterocycles. The van der Waals surface area contributed by atoms with Gasteiger partial charge in [-0.1, -0.05) is 0 Å². The Morgan fingerprint density at radius 1 is 1.44 bits per heavy atom. The van der Waals surface area contributed by atoms with E-state index in [2.05, 4.69) is 10.2 Å². The summed E-state index contributed by atoms with van der Waals surface area (Å²) in [5, 5.41) is 7.78. The molecule has 9 heavy (non-hydrogen) atoms. The maximum absolute atomic E-state index is 3.99. The average Bonchev–Trinajstić information content (AvgIpc) is 2.33. The second-order valence-electron chi connectivity index (χ2n) is 2.00. The van der Waals surface area contributed by atoms with E-state index in [4.69, 9.17) is 0 Å². The normalized spacial score (nSPS) is 15.6. The van der Waals surface area contributed by atoms with E-state index in [1.807, 2.05) is 17.8 Å². The largest absolute Gasteiger partial charge is 0.159 e. The number of thioether (sulfide) groups is 1. The first-order valence-electron chi connectivity index (χ1n) is 2.84. The monoisotopic (exact) mass is 138 g/mol. The van der Waals surface area contributed by atoms with Crippen molar-refractivity contribution >= 4 is 11.8 Å². The second-order valence-corrected chi connectivity index (χ2v) is 2.98. The van der Waals surface area contributed by atoms with E-state index in [9.17, 15) is 0 Å². The molecular formula is C6H6N2S. The van der Waals surface area contributed by atoms with Crippen molar-refractivity contribution < 1.29 is 0 Å². The van der Waals surface area contributed by atoms with Crippen LogP contribution < -0.4 is 0 Å². The highest BCUT2D eigenvalue weighted by Gasteiger charge is 2.10. The van der Waals surface area contributed by atoms with Gasteiger partial charge in [-0.2, -0.15) is 22.0 Å². The molecule has 3 heteroatoms. The predicted molar refractivity (Wildman–Crippen MR) is 37.0 cm³/mol. The Labute approximate surface area is 57.7 Å². The van der Waals surface area contributed by atoms with Crippen LogP contribution in [0.3, 0.4) is 0 Å². The molecule has 2 rings (SSSR count). The molecule has 0 saturated carbocycles. The molecule has 0 N–H and O–H groups in total. The van der Waals surface area contributed by atoms with Gasteiger partial charge in [0.05, 0.1) is 5.69 Å². The van der Waals surface area contributed by atoms with Crippen LogP contribution >= 0.6 is 11.8 Å². The van der Waals surface area contributed by atoms with Gasteiger partial charge in [-0.15, -0.1) is 0 Å². The summed E-state index contributed by atoms with van der Waals surface area (Å²) in [4.78, 5) is 0. The van der Waals surface area contributed by atoms with Crippen molar-refractivity contribution in [1.29, 1.82) is 0 Å². The van der Waals surface area contributed by atoms with Gasteiger partial charge in [0.15, 0.2) is 0 Å². The molecule has 0 saturated heterocycles. The van der Waals surface area contributed by atoms with Gasteiger partial charge < -0.3 is 0 Å². The summed E-state index contributed by atoms with van der Waals surface area (Å²) in [5.74, 6) is 2.16. The van der Waals surface area contributed by atoms with E-state index < -0.39 is 0 Å². The zero-order valence-corrected chi connectivity index (χ0v) is 5.69. The van der Waals surface area contributed by atoms with E-state index in [0.29, 0.717) is 0 Å². The van der Waals surface area contributed by atoms with Crippen molar-refractivity contribution in [1.82, 2.24) is 10.2 Å². The molecule has 0 aliphatic carbocycles. The Bertz CT molecular complexity index is 201. The second kappa shape index (κ2) is 1.99. The first-order chi connectivity index (χ1) is 4.47. The highest BCUT2D eigenvalue weighted by molar-refractivity contribution is 7.98. The minimum Gasteiger partial charge on any atom is -0.159 e. The number of aromatic nitrogens is 2. The topological polar surface area (TPSA) is 25.8 Å². The van der Waals surface area contributed by atoms with Crippen LogP contribution in [0.2, 0.25) is 0 Å². The highest BCUT2D eigenvalue weighted by Crippen LogP contribution is 2.26. The number of hydrogen-bond acceptors (Lipinski definition) is 3. The fourth-order valence-electron chi connectivity index (χ4n) is 0.897. The van der Waals surface area contributed by atoms with Crippen LogP contribution in [-0.4, -0.2) is 10.2 Å². The maximum Gasteiger partial charge on any atom is 0.0770 e. The molecule has 2 nitrogen and oxygen atoms in total. The molecule has 0 atom stereocenters. The van der Waals surface area contributed by atoms with E-state index in [1.165, 1.54) is 11.3 Å². The highest BCUT2D eigenvalue weighted by atomic mass is 32.2. The van der Waals surface area contributed by atoms with Crippen molar-refractivity contribution in [2.75, 3.05) is 0 Å². The van der Waals surface area contributed by atoms with E-state index in [0.717, 1.165) is 11.5 Å². The number of nitrogens with zero attached hydrogens (tertiary/aromatic N) is 2. The van der Waals surface area contributed by atoms with Crippen LogP contribution in [0.15, 0.2) is 12.3 Å². The van der Waals surface area contributed by atoms with Crippen molar-refractivity contribution in [3.8, 4) is 0 Å². The number of fused-ring (bicyclic) bond motifs is 1. The Morgan fingerprint density at radius 3 is 3.33 bits per heavy atom. The smallest absolute Gasteiger partial charge is 0.0770 e. The summed E-state index contributed by atoms with van der Waals surface area (Å²) in [6, 6.07) is 2.04. The lowest BCUT2D eigenvalue weighted by Gasteiger charge is -1.89. The molecule has 0 unspecified atom stereocenters. The lowest BCUT2D eigenvalue weighted by atomic mass is 10.3. The lowest BCUT2D eigenvalue weighted by Crippen LogP contribution is -1.88. The Kier molecular flexibility index (Phi) is 1.16. The molecule has 0 aromatic carbocycles. The number of hydrogen-bond donors (Lipinski definition) is 0. The molecule has 46 valence electrons. The molecule has 2 heterocycles. The third kappa shape index (κ3) is 0.812. The molecule has 1 aliphatic rings. The minimum atomic E-state index is 1.04.